The van der Waals surface area contributed by atoms with Gasteiger partial charge in [0.1, 0.15) is 0 Å². The molecule has 0 spiro atoms. The zero-order chi connectivity index (χ0) is 9.68. The van der Waals surface area contributed by atoms with Gasteiger partial charge in [0.25, 0.3) is 0 Å². The van der Waals surface area contributed by atoms with Crippen molar-refractivity contribution in [1.29, 1.82) is 0 Å². The molecule has 1 rings (SSSR count). The molecule has 72 valence electrons. The molecule has 0 aliphatic heterocycles. The zero-order valence-electron chi connectivity index (χ0n) is 8.55. The van der Waals surface area contributed by atoms with Gasteiger partial charge in [0.2, 0.25) is 0 Å². The summed E-state index contributed by atoms with van der Waals surface area (Å²) in [6.07, 6.45) is 3.43. The van der Waals surface area contributed by atoms with E-state index in [1.54, 1.807) is 0 Å². The van der Waals surface area contributed by atoms with Gasteiger partial charge in [0.05, 0.1) is 0 Å². The first-order valence-corrected chi connectivity index (χ1v) is 5.54. The lowest BCUT2D eigenvalue weighted by atomic mass is 10.1. The monoisotopic (exact) mass is 195 g/mol. The van der Waals surface area contributed by atoms with Crippen molar-refractivity contribution < 1.29 is 0 Å². The minimum absolute atomic E-state index is 0.994. The third-order valence-corrected chi connectivity index (χ3v) is 3.06. The molecule has 2 heteroatoms. The highest BCUT2D eigenvalue weighted by Gasteiger charge is 1.98. The molecule has 0 aliphatic rings. The number of thiophene rings is 1. The highest BCUT2D eigenvalue weighted by Crippen LogP contribution is 2.19. The Kier molecular flexibility index (Phi) is 4.19. The van der Waals surface area contributed by atoms with Crippen molar-refractivity contribution in [3.63, 3.8) is 0 Å². The van der Waals surface area contributed by atoms with E-state index in [0.29, 0.717) is 0 Å². The summed E-state index contributed by atoms with van der Waals surface area (Å²) in [5.74, 6) is 0. The minimum atomic E-state index is 0.994. The van der Waals surface area contributed by atoms with Crippen LogP contribution in [0, 0.1) is 6.92 Å². The van der Waals surface area contributed by atoms with Crippen molar-refractivity contribution >= 4 is 17.4 Å². The average Bonchev–Trinajstić information content (AvgIpc) is 2.51. The van der Waals surface area contributed by atoms with Crippen LogP contribution in [0.4, 0.5) is 0 Å². The third-order valence-electron chi connectivity index (χ3n) is 2.09. The molecule has 0 aliphatic carbocycles. The van der Waals surface area contributed by atoms with E-state index in [4.69, 9.17) is 0 Å². The van der Waals surface area contributed by atoms with Crippen LogP contribution < -0.4 is 5.32 Å². The molecule has 1 N–H and O–H groups in total. The standard InChI is InChI=1S/C11H17NS/c1-4-10(8-12-3)7-11-9(2)5-6-13-11/h5-7,12H,4,8H2,1-3H3. The van der Waals surface area contributed by atoms with Gasteiger partial charge in [0.15, 0.2) is 0 Å². The number of nitrogens with one attached hydrogen (secondary N) is 1. The molecule has 0 bridgehead atoms. The molecule has 1 aromatic rings. The van der Waals surface area contributed by atoms with E-state index in [1.807, 2.05) is 18.4 Å². The predicted molar refractivity (Wildman–Crippen MR) is 61.3 cm³/mol. The van der Waals surface area contributed by atoms with E-state index in [9.17, 15) is 0 Å². The molecule has 0 saturated carbocycles. The highest BCUT2D eigenvalue weighted by molar-refractivity contribution is 7.11. The number of aryl methyl sites for hydroxylation is 1. The Labute approximate surface area is 84.5 Å². The number of rotatable bonds is 4. The lowest BCUT2D eigenvalue weighted by Gasteiger charge is -2.02. The Bertz CT molecular complexity index is 286. The van der Waals surface area contributed by atoms with Crippen molar-refractivity contribution in [2.75, 3.05) is 13.6 Å². The summed E-state index contributed by atoms with van der Waals surface area (Å²) in [5.41, 5.74) is 2.85. The quantitative estimate of drug-likeness (QED) is 0.778. The SMILES string of the molecule is CCC(=Cc1sccc1C)CNC. The average molecular weight is 195 g/mol. The van der Waals surface area contributed by atoms with Crippen LogP contribution >= 0.6 is 11.3 Å². The van der Waals surface area contributed by atoms with E-state index >= 15 is 0 Å². The molecule has 0 saturated heterocycles. The smallest absolute Gasteiger partial charge is 0.0299 e. The molecule has 1 aromatic heterocycles. The number of hydrogen-bond donors (Lipinski definition) is 1. The molecule has 0 unspecified atom stereocenters. The van der Waals surface area contributed by atoms with Crippen molar-refractivity contribution in [3.05, 3.63) is 27.5 Å². The topological polar surface area (TPSA) is 12.0 Å². The molecular formula is C11H17NS. The van der Waals surface area contributed by atoms with Gasteiger partial charge in [-0.15, -0.1) is 11.3 Å². The first-order valence-electron chi connectivity index (χ1n) is 4.66. The summed E-state index contributed by atoms with van der Waals surface area (Å²) in [5, 5.41) is 5.33. The molecule has 0 amide bonds. The normalized spacial score (nSPS) is 12.1. The molecule has 1 nitrogen and oxygen atoms in total. The number of hydrogen-bond acceptors (Lipinski definition) is 2. The first-order chi connectivity index (χ1) is 6.27. The van der Waals surface area contributed by atoms with Gasteiger partial charge >= 0.3 is 0 Å². The summed E-state index contributed by atoms with van der Waals surface area (Å²) < 4.78 is 0. The summed E-state index contributed by atoms with van der Waals surface area (Å²) >= 11 is 1.81. The van der Waals surface area contributed by atoms with Crippen LogP contribution in [0.15, 0.2) is 17.0 Å². The van der Waals surface area contributed by atoms with Crippen LogP contribution in [0.2, 0.25) is 0 Å². The fourth-order valence-electron chi connectivity index (χ4n) is 1.22. The molecule has 0 aromatic carbocycles. The van der Waals surface area contributed by atoms with Gasteiger partial charge in [-0.1, -0.05) is 12.5 Å². The van der Waals surface area contributed by atoms with Gasteiger partial charge in [-0.25, -0.2) is 0 Å². The van der Waals surface area contributed by atoms with Crippen molar-refractivity contribution in [2.24, 2.45) is 0 Å². The van der Waals surface area contributed by atoms with Crippen LogP contribution in [0.25, 0.3) is 6.08 Å². The van der Waals surface area contributed by atoms with Crippen LogP contribution in [-0.4, -0.2) is 13.6 Å². The van der Waals surface area contributed by atoms with E-state index in [1.165, 1.54) is 16.0 Å². The van der Waals surface area contributed by atoms with Gasteiger partial charge in [-0.3, -0.25) is 0 Å². The largest absolute Gasteiger partial charge is 0.316 e. The lowest BCUT2D eigenvalue weighted by Crippen LogP contribution is -2.09. The van der Waals surface area contributed by atoms with E-state index in [-0.39, 0.29) is 0 Å². The van der Waals surface area contributed by atoms with Crippen LogP contribution in [0.3, 0.4) is 0 Å². The van der Waals surface area contributed by atoms with Crippen LogP contribution in [0.1, 0.15) is 23.8 Å². The van der Waals surface area contributed by atoms with E-state index in [0.717, 1.165) is 13.0 Å². The highest BCUT2D eigenvalue weighted by atomic mass is 32.1. The second kappa shape index (κ2) is 5.20. The Morgan fingerprint density at radius 1 is 1.62 bits per heavy atom. The summed E-state index contributed by atoms with van der Waals surface area (Å²) in [7, 11) is 1.99. The van der Waals surface area contributed by atoms with E-state index < -0.39 is 0 Å². The fourth-order valence-corrected chi connectivity index (χ4v) is 2.13. The van der Waals surface area contributed by atoms with Gasteiger partial charge in [-0.05, 0) is 43.5 Å². The Balaban J connectivity index is 2.78. The molecule has 0 fully saturated rings. The molecular weight excluding hydrogens is 178 g/mol. The summed E-state index contributed by atoms with van der Waals surface area (Å²) in [6.45, 7) is 5.36. The molecule has 0 atom stereocenters. The van der Waals surface area contributed by atoms with Crippen molar-refractivity contribution in [3.8, 4) is 0 Å². The lowest BCUT2D eigenvalue weighted by molar-refractivity contribution is 0.851. The third kappa shape index (κ3) is 2.98. The molecule has 13 heavy (non-hydrogen) atoms. The maximum Gasteiger partial charge on any atom is 0.0299 e. The maximum absolute atomic E-state index is 3.19. The maximum atomic E-state index is 3.19. The van der Waals surface area contributed by atoms with Gasteiger partial charge in [0, 0.05) is 11.4 Å². The summed E-state index contributed by atoms with van der Waals surface area (Å²) in [6, 6.07) is 2.17. The van der Waals surface area contributed by atoms with Gasteiger partial charge < -0.3 is 5.32 Å². The first kappa shape index (κ1) is 10.5. The number of likely N-dealkylation sites (N-methyl/N-ethyl adjacent to an activating group) is 1. The van der Waals surface area contributed by atoms with Crippen molar-refractivity contribution in [2.45, 2.75) is 20.3 Å². The Morgan fingerprint density at radius 3 is 2.85 bits per heavy atom. The Hall–Kier alpha value is -0.600. The van der Waals surface area contributed by atoms with E-state index in [2.05, 4.69) is 36.7 Å². The van der Waals surface area contributed by atoms with Gasteiger partial charge in [-0.2, -0.15) is 0 Å². The molecule has 0 radical (unpaired) electrons. The van der Waals surface area contributed by atoms with Crippen LogP contribution in [0.5, 0.6) is 0 Å². The Morgan fingerprint density at radius 2 is 2.38 bits per heavy atom. The predicted octanol–water partition coefficient (Wildman–Crippen LogP) is 3.07. The van der Waals surface area contributed by atoms with Crippen LogP contribution in [-0.2, 0) is 0 Å². The minimum Gasteiger partial charge on any atom is -0.316 e. The zero-order valence-corrected chi connectivity index (χ0v) is 9.37. The molecule has 1 heterocycles. The second-order valence-electron chi connectivity index (χ2n) is 3.15. The summed E-state index contributed by atoms with van der Waals surface area (Å²) in [4.78, 5) is 1.40. The second-order valence-corrected chi connectivity index (χ2v) is 4.10. The fraction of sp³-hybridized carbons (Fsp3) is 0.455. The van der Waals surface area contributed by atoms with Crippen molar-refractivity contribution in [1.82, 2.24) is 5.32 Å².